The van der Waals surface area contributed by atoms with Crippen molar-refractivity contribution in [1.82, 2.24) is 10.3 Å². The van der Waals surface area contributed by atoms with Crippen LogP contribution in [0.4, 0.5) is 10.5 Å². The van der Waals surface area contributed by atoms with Gasteiger partial charge in [0.05, 0.1) is 17.8 Å². The smallest absolute Gasteiger partial charge is 0.407 e. The fourth-order valence-electron chi connectivity index (χ4n) is 3.02. The number of carbonyl (C=O) groups is 2. The van der Waals surface area contributed by atoms with Crippen LogP contribution in [-0.2, 0) is 9.47 Å². The van der Waals surface area contributed by atoms with Crippen LogP contribution in [-0.4, -0.2) is 42.3 Å². The Bertz CT molecular complexity index is 888. The highest BCUT2D eigenvalue weighted by Gasteiger charge is 2.18. The number of rotatable bonds is 7. The number of anilines is 1. The molecule has 0 radical (unpaired) electrons. The van der Waals surface area contributed by atoms with Gasteiger partial charge in [-0.05, 0) is 59.6 Å². The first-order valence-corrected chi connectivity index (χ1v) is 9.90. The van der Waals surface area contributed by atoms with E-state index in [2.05, 4.69) is 21.7 Å². The molecular formula is C22H31N3O4. The molecule has 7 heteroatoms. The number of carbonyl (C=O) groups excluding carboxylic acids is 2. The second kappa shape index (κ2) is 9.58. The topological polar surface area (TPSA) is 89.5 Å². The molecule has 0 aliphatic heterocycles. The predicted octanol–water partition coefficient (Wildman–Crippen LogP) is 4.36. The standard InChI is InChI=1S/C22H31N3O4/c1-7-28-20(26)17-13-25-18-15(3)11-14(2)12-16(18)19(17)23-9-8-10-24-21(27)29-22(4,5)6/h11-13H,7-10H2,1-6H3,(H,23,25)(H,24,27). The van der Waals surface area contributed by atoms with Crippen molar-refractivity contribution >= 4 is 28.7 Å². The molecule has 0 spiro atoms. The van der Waals surface area contributed by atoms with Crippen molar-refractivity contribution in [2.75, 3.05) is 25.0 Å². The van der Waals surface area contributed by atoms with E-state index in [0.717, 1.165) is 22.0 Å². The normalized spacial score (nSPS) is 11.2. The number of aromatic nitrogens is 1. The van der Waals surface area contributed by atoms with Crippen molar-refractivity contribution < 1.29 is 19.1 Å². The van der Waals surface area contributed by atoms with Gasteiger partial charge in [-0.25, -0.2) is 9.59 Å². The largest absolute Gasteiger partial charge is 0.462 e. The maximum Gasteiger partial charge on any atom is 0.407 e. The molecule has 0 unspecified atom stereocenters. The van der Waals surface area contributed by atoms with Gasteiger partial charge in [0, 0.05) is 24.7 Å². The lowest BCUT2D eigenvalue weighted by Crippen LogP contribution is -2.33. The summed E-state index contributed by atoms with van der Waals surface area (Å²) in [7, 11) is 0. The van der Waals surface area contributed by atoms with Crippen molar-refractivity contribution in [3.63, 3.8) is 0 Å². The number of aryl methyl sites for hydroxylation is 2. The number of amides is 1. The number of pyridine rings is 1. The summed E-state index contributed by atoms with van der Waals surface area (Å²) in [6.45, 7) is 12.6. The highest BCUT2D eigenvalue weighted by Crippen LogP contribution is 2.29. The van der Waals surface area contributed by atoms with Crippen LogP contribution in [0.15, 0.2) is 18.3 Å². The molecule has 0 aliphatic carbocycles. The SMILES string of the molecule is CCOC(=O)c1cnc2c(C)cc(C)cc2c1NCCCNC(=O)OC(C)(C)C. The van der Waals surface area contributed by atoms with Gasteiger partial charge in [0.2, 0.25) is 0 Å². The minimum atomic E-state index is -0.525. The first kappa shape index (κ1) is 22.5. The highest BCUT2D eigenvalue weighted by molar-refractivity contribution is 6.05. The molecule has 1 amide bonds. The van der Waals surface area contributed by atoms with Crippen molar-refractivity contribution in [3.8, 4) is 0 Å². The average molecular weight is 402 g/mol. The Morgan fingerprint density at radius 1 is 1.14 bits per heavy atom. The second-order valence-corrected chi connectivity index (χ2v) is 7.95. The summed E-state index contributed by atoms with van der Waals surface area (Å²) in [5.41, 5.74) is 3.57. The number of esters is 1. The minimum absolute atomic E-state index is 0.295. The fraction of sp³-hybridized carbons (Fsp3) is 0.500. The summed E-state index contributed by atoms with van der Waals surface area (Å²) in [4.78, 5) is 28.6. The van der Waals surface area contributed by atoms with E-state index in [1.807, 2.05) is 40.7 Å². The Labute approximate surface area is 172 Å². The van der Waals surface area contributed by atoms with Gasteiger partial charge in [-0.15, -0.1) is 0 Å². The molecular weight excluding hydrogens is 370 g/mol. The van der Waals surface area contributed by atoms with Gasteiger partial charge in [-0.3, -0.25) is 4.98 Å². The van der Waals surface area contributed by atoms with E-state index in [9.17, 15) is 9.59 Å². The first-order chi connectivity index (χ1) is 13.6. The Balaban J connectivity index is 2.14. The first-order valence-electron chi connectivity index (χ1n) is 9.90. The lowest BCUT2D eigenvalue weighted by Gasteiger charge is -2.19. The third-order valence-electron chi connectivity index (χ3n) is 4.13. The highest BCUT2D eigenvalue weighted by atomic mass is 16.6. The average Bonchev–Trinajstić information content (AvgIpc) is 2.60. The number of benzene rings is 1. The number of nitrogens with zero attached hydrogens (tertiary/aromatic N) is 1. The number of nitrogens with one attached hydrogen (secondary N) is 2. The molecule has 0 atom stereocenters. The lowest BCUT2D eigenvalue weighted by atomic mass is 10.0. The summed E-state index contributed by atoms with van der Waals surface area (Å²) in [6, 6.07) is 4.08. The van der Waals surface area contributed by atoms with Crippen LogP contribution >= 0.6 is 0 Å². The molecule has 1 aromatic heterocycles. The van der Waals surface area contributed by atoms with Crippen LogP contribution in [0.5, 0.6) is 0 Å². The third-order valence-corrected chi connectivity index (χ3v) is 4.13. The monoisotopic (exact) mass is 401 g/mol. The molecule has 7 nitrogen and oxygen atoms in total. The van der Waals surface area contributed by atoms with E-state index in [1.54, 1.807) is 13.1 Å². The van der Waals surface area contributed by atoms with Gasteiger partial charge in [0.1, 0.15) is 11.2 Å². The number of hydrogen-bond donors (Lipinski definition) is 2. The molecule has 29 heavy (non-hydrogen) atoms. The van der Waals surface area contributed by atoms with Crippen LogP contribution in [0, 0.1) is 13.8 Å². The molecule has 1 aromatic carbocycles. The molecule has 0 bridgehead atoms. The molecule has 2 aromatic rings. The molecule has 0 aliphatic rings. The fourth-order valence-corrected chi connectivity index (χ4v) is 3.02. The Kier molecular flexibility index (Phi) is 7.42. The van der Waals surface area contributed by atoms with Gasteiger partial charge < -0.3 is 20.1 Å². The van der Waals surface area contributed by atoms with Gasteiger partial charge in [-0.2, -0.15) is 0 Å². The Hall–Kier alpha value is -2.83. The quantitative estimate of drug-likeness (QED) is 0.529. The number of alkyl carbamates (subject to hydrolysis) is 1. The molecule has 2 rings (SSSR count). The van der Waals surface area contributed by atoms with Gasteiger partial charge >= 0.3 is 12.1 Å². The third kappa shape index (κ3) is 6.34. The molecule has 0 saturated heterocycles. The maximum absolute atomic E-state index is 12.4. The van der Waals surface area contributed by atoms with Gasteiger partial charge in [0.25, 0.3) is 0 Å². The Morgan fingerprint density at radius 2 is 1.86 bits per heavy atom. The lowest BCUT2D eigenvalue weighted by molar-refractivity contribution is 0.0517. The van der Waals surface area contributed by atoms with Gasteiger partial charge in [-0.1, -0.05) is 11.6 Å². The maximum atomic E-state index is 12.4. The van der Waals surface area contributed by atoms with Crippen LogP contribution in [0.1, 0.15) is 55.6 Å². The zero-order chi connectivity index (χ0) is 21.6. The van der Waals surface area contributed by atoms with Crippen LogP contribution in [0.25, 0.3) is 10.9 Å². The van der Waals surface area contributed by atoms with E-state index >= 15 is 0 Å². The van der Waals surface area contributed by atoms with E-state index in [0.29, 0.717) is 37.4 Å². The summed E-state index contributed by atoms with van der Waals surface area (Å²) in [5.74, 6) is -0.407. The zero-order valence-electron chi connectivity index (χ0n) is 18.1. The van der Waals surface area contributed by atoms with Crippen molar-refractivity contribution in [1.29, 1.82) is 0 Å². The minimum Gasteiger partial charge on any atom is -0.462 e. The molecule has 0 fully saturated rings. The van der Waals surface area contributed by atoms with Crippen LogP contribution in [0.2, 0.25) is 0 Å². The van der Waals surface area contributed by atoms with Crippen LogP contribution in [0.3, 0.4) is 0 Å². The second-order valence-electron chi connectivity index (χ2n) is 7.95. The number of ether oxygens (including phenoxy) is 2. The summed E-state index contributed by atoms with van der Waals surface area (Å²) in [6.07, 6.45) is 1.78. The predicted molar refractivity (Wildman–Crippen MR) is 115 cm³/mol. The summed E-state index contributed by atoms with van der Waals surface area (Å²) >= 11 is 0. The van der Waals surface area contributed by atoms with E-state index in [4.69, 9.17) is 9.47 Å². The number of hydrogen-bond acceptors (Lipinski definition) is 6. The molecule has 158 valence electrons. The van der Waals surface area contributed by atoms with E-state index < -0.39 is 17.7 Å². The van der Waals surface area contributed by atoms with Gasteiger partial charge in [0.15, 0.2) is 0 Å². The van der Waals surface area contributed by atoms with E-state index in [1.165, 1.54) is 0 Å². The van der Waals surface area contributed by atoms with Crippen LogP contribution < -0.4 is 10.6 Å². The zero-order valence-corrected chi connectivity index (χ0v) is 18.1. The molecule has 2 N–H and O–H groups in total. The van der Waals surface area contributed by atoms with E-state index in [-0.39, 0.29) is 0 Å². The Morgan fingerprint density at radius 3 is 2.52 bits per heavy atom. The summed E-state index contributed by atoms with van der Waals surface area (Å²) in [5, 5.41) is 6.96. The molecule has 0 saturated carbocycles. The van der Waals surface area contributed by atoms with Crippen molar-refractivity contribution in [2.24, 2.45) is 0 Å². The van der Waals surface area contributed by atoms with Crippen molar-refractivity contribution in [2.45, 2.75) is 53.6 Å². The number of fused-ring (bicyclic) bond motifs is 1. The van der Waals surface area contributed by atoms with Crippen molar-refractivity contribution in [3.05, 3.63) is 35.0 Å². The molecule has 1 heterocycles. The summed E-state index contributed by atoms with van der Waals surface area (Å²) < 4.78 is 10.4.